The van der Waals surface area contributed by atoms with E-state index in [0.29, 0.717) is 59.7 Å². The summed E-state index contributed by atoms with van der Waals surface area (Å²) in [5.41, 5.74) is 7.41. The monoisotopic (exact) mass is 823 g/mol. The van der Waals surface area contributed by atoms with Crippen molar-refractivity contribution in [3.63, 3.8) is 0 Å². The van der Waals surface area contributed by atoms with E-state index in [9.17, 15) is 19.2 Å². The first-order valence-electron chi connectivity index (χ1n) is 21.5. The lowest BCUT2D eigenvalue weighted by Crippen LogP contribution is -2.55. The lowest BCUT2D eigenvalue weighted by atomic mass is 9.96. The predicted molar refractivity (Wildman–Crippen MR) is 236 cm³/mol. The molecule has 2 N–H and O–H groups in total. The van der Waals surface area contributed by atoms with Crippen LogP contribution in [0.15, 0.2) is 78.2 Å². The van der Waals surface area contributed by atoms with Gasteiger partial charge in [0.05, 0.1) is 12.6 Å². The van der Waals surface area contributed by atoms with Crippen molar-refractivity contribution in [2.75, 3.05) is 68.0 Å². The van der Waals surface area contributed by atoms with Crippen molar-refractivity contribution >= 4 is 52.1 Å². The number of aromatic nitrogens is 5. The normalized spacial score (nSPS) is 18.2. The van der Waals surface area contributed by atoms with E-state index in [0.717, 1.165) is 99.7 Å². The Balaban J connectivity index is 0.795. The van der Waals surface area contributed by atoms with Gasteiger partial charge in [0, 0.05) is 118 Å². The maximum absolute atomic E-state index is 13.5. The molecular weight excluding hydrogens is 771 g/mol. The number of amides is 2. The third-order valence-electron chi connectivity index (χ3n) is 13.0. The van der Waals surface area contributed by atoms with Crippen LogP contribution in [0.2, 0.25) is 0 Å². The van der Waals surface area contributed by atoms with Gasteiger partial charge in [-0.25, -0.2) is 19.3 Å². The second-order valence-electron chi connectivity index (χ2n) is 16.7. The van der Waals surface area contributed by atoms with Crippen LogP contribution in [0, 0.1) is 5.92 Å². The van der Waals surface area contributed by atoms with E-state index in [4.69, 9.17) is 9.97 Å². The Morgan fingerprint density at radius 1 is 1.00 bits per heavy atom. The number of carbonyl (C=O) groups is 3. The number of rotatable bonds is 15. The van der Waals surface area contributed by atoms with Crippen LogP contribution in [0.1, 0.15) is 65.7 Å². The minimum absolute atomic E-state index is 0.143. The standard InChI is InChI=1S/C46H53N11O4/c1-4-19-56-45(61)37-24-48-46(51-43(37)57(56)40-17-11-32-10-9-31(5-2)42(32)50-40)49-33-12-14-34(15-13-33)53-22-20-52(21-23-53)25-30-26-54(27-30)39-8-6-7-36-38(39)28-55(44(36)60)35(29-58)16-18-41(59)47-3/h4,6-8,11-15,17,24,29-31,35H,1,5,9-10,16,18-23,25-28H2,2-3H3,(H,47,59)(H,48,49,51). The zero-order chi connectivity index (χ0) is 42.2. The van der Waals surface area contributed by atoms with Gasteiger partial charge in [0.25, 0.3) is 11.5 Å². The number of allylic oxidation sites excluding steroid dienone is 1. The van der Waals surface area contributed by atoms with Crippen molar-refractivity contribution in [3.8, 4) is 5.82 Å². The number of nitrogens with one attached hydrogen (secondary N) is 2. The average molecular weight is 824 g/mol. The van der Waals surface area contributed by atoms with Gasteiger partial charge in [-0.2, -0.15) is 4.98 Å². The van der Waals surface area contributed by atoms with Crippen LogP contribution < -0.4 is 26.0 Å². The van der Waals surface area contributed by atoms with Crippen LogP contribution in [-0.4, -0.2) is 111 Å². The Morgan fingerprint density at radius 3 is 2.54 bits per heavy atom. The van der Waals surface area contributed by atoms with Crippen LogP contribution in [0.3, 0.4) is 0 Å². The number of aldehydes is 1. The Bertz CT molecular complexity index is 2540. The van der Waals surface area contributed by atoms with Crippen molar-refractivity contribution in [2.45, 2.75) is 64.1 Å². The molecular formula is C46H53N11O4. The van der Waals surface area contributed by atoms with E-state index in [-0.39, 0.29) is 23.8 Å². The fraction of sp³-hybridized carbons (Fsp3) is 0.413. The zero-order valence-corrected chi connectivity index (χ0v) is 34.9. The molecule has 2 unspecified atom stereocenters. The lowest BCUT2D eigenvalue weighted by molar-refractivity contribution is -0.121. The average Bonchev–Trinajstić information content (AvgIpc) is 3.93. The van der Waals surface area contributed by atoms with Gasteiger partial charge in [-0.3, -0.25) is 19.3 Å². The molecule has 0 radical (unpaired) electrons. The summed E-state index contributed by atoms with van der Waals surface area (Å²) in [6.07, 6.45) is 7.74. The molecule has 1 aliphatic carbocycles. The third kappa shape index (κ3) is 7.66. The van der Waals surface area contributed by atoms with Crippen LogP contribution in [0.5, 0.6) is 0 Å². The van der Waals surface area contributed by atoms with E-state index in [1.807, 2.05) is 30.3 Å². The summed E-state index contributed by atoms with van der Waals surface area (Å²) in [5, 5.41) is 6.37. The van der Waals surface area contributed by atoms with Crippen LogP contribution >= 0.6 is 0 Å². The minimum atomic E-state index is -0.629. The molecule has 316 valence electrons. The van der Waals surface area contributed by atoms with E-state index < -0.39 is 6.04 Å². The first kappa shape index (κ1) is 40.1. The summed E-state index contributed by atoms with van der Waals surface area (Å²) >= 11 is 0. The molecule has 9 rings (SSSR count). The molecule has 2 fully saturated rings. The molecule has 6 heterocycles. The smallest absolute Gasteiger partial charge is 0.278 e. The van der Waals surface area contributed by atoms with Crippen molar-refractivity contribution in [3.05, 3.63) is 106 Å². The minimum Gasteiger partial charge on any atom is -0.370 e. The second-order valence-corrected chi connectivity index (χ2v) is 16.7. The SMILES string of the molecule is C=CCn1c(=O)c2cnc(Nc3ccc(N4CCN(CC5CN(c6cccc7c6CN(C(C=O)CCC(=O)NC)C7=O)C5)CC4)cc3)nc2n1-c1ccc2c(n1)C(CC)CC2. The Kier molecular flexibility index (Phi) is 11.1. The summed E-state index contributed by atoms with van der Waals surface area (Å²) < 4.78 is 3.43. The number of aryl methyl sites for hydroxylation is 1. The highest BCUT2D eigenvalue weighted by Crippen LogP contribution is 2.37. The maximum Gasteiger partial charge on any atom is 0.278 e. The molecule has 15 heteroatoms. The molecule has 4 aliphatic rings. The largest absolute Gasteiger partial charge is 0.370 e. The van der Waals surface area contributed by atoms with Crippen LogP contribution in [-0.2, 0) is 29.1 Å². The van der Waals surface area contributed by atoms with Crippen molar-refractivity contribution < 1.29 is 14.4 Å². The fourth-order valence-electron chi connectivity index (χ4n) is 9.57. The van der Waals surface area contributed by atoms with Crippen LogP contribution in [0.4, 0.5) is 23.0 Å². The van der Waals surface area contributed by atoms with Gasteiger partial charge in [-0.1, -0.05) is 25.1 Å². The first-order chi connectivity index (χ1) is 29.8. The fourth-order valence-corrected chi connectivity index (χ4v) is 9.57. The quantitative estimate of drug-likeness (QED) is 0.112. The lowest BCUT2D eigenvalue weighted by Gasteiger charge is -2.45. The first-order valence-corrected chi connectivity index (χ1v) is 21.5. The number of pyridine rings is 1. The number of piperazine rings is 1. The summed E-state index contributed by atoms with van der Waals surface area (Å²) in [5.74, 6) is 1.73. The highest BCUT2D eigenvalue weighted by molar-refractivity contribution is 6.01. The Morgan fingerprint density at radius 2 is 1.80 bits per heavy atom. The predicted octanol–water partition coefficient (Wildman–Crippen LogP) is 4.65. The molecule has 61 heavy (non-hydrogen) atoms. The van der Waals surface area contributed by atoms with Gasteiger partial charge < -0.3 is 30.1 Å². The van der Waals surface area contributed by atoms with E-state index >= 15 is 0 Å². The summed E-state index contributed by atoms with van der Waals surface area (Å²) in [6, 6.07) is 17.7. The van der Waals surface area contributed by atoms with E-state index in [1.54, 1.807) is 33.6 Å². The van der Waals surface area contributed by atoms with Gasteiger partial charge in [-0.15, -0.1) is 6.58 Å². The van der Waals surface area contributed by atoms with Crippen LogP contribution in [0.25, 0.3) is 16.9 Å². The molecule has 2 amide bonds. The van der Waals surface area contributed by atoms with Crippen molar-refractivity contribution in [2.24, 2.45) is 5.92 Å². The molecule has 0 saturated carbocycles. The Hall–Kier alpha value is -6.35. The molecule has 2 saturated heterocycles. The summed E-state index contributed by atoms with van der Waals surface area (Å²) in [4.78, 5) is 74.0. The van der Waals surface area contributed by atoms with Gasteiger partial charge in [-0.05, 0) is 73.7 Å². The molecule has 0 bridgehead atoms. The number of hydrogen-bond acceptors (Lipinski definition) is 11. The second kappa shape index (κ2) is 17.0. The number of anilines is 4. The number of nitrogens with zero attached hydrogens (tertiary/aromatic N) is 9. The van der Waals surface area contributed by atoms with Crippen molar-refractivity contribution in [1.82, 2.24) is 39.4 Å². The molecule has 5 aromatic rings. The third-order valence-corrected chi connectivity index (χ3v) is 13.0. The highest BCUT2D eigenvalue weighted by atomic mass is 16.2. The van der Waals surface area contributed by atoms with Crippen molar-refractivity contribution in [1.29, 1.82) is 0 Å². The molecule has 3 aliphatic heterocycles. The van der Waals surface area contributed by atoms with Gasteiger partial charge in [0.2, 0.25) is 11.9 Å². The van der Waals surface area contributed by atoms with Gasteiger partial charge >= 0.3 is 0 Å². The van der Waals surface area contributed by atoms with E-state index in [2.05, 4.69) is 68.1 Å². The molecule has 15 nitrogen and oxygen atoms in total. The molecule has 0 spiro atoms. The number of fused-ring (bicyclic) bond motifs is 3. The highest BCUT2D eigenvalue weighted by Gasteiger charge is 2.38. The number of hydrogen-bond donors (Lipinski definition) is 2. The molecule has 2 atom stereocenters. The Labute approximate surface area is 355 Å². The van der Waals surface area contributed by atoms with Gasteiger partial charge in [0.1, 0.15) is 11.7 Å². The van der Waals surface area contributed by atoms with E-state index in [1.165, 1.54) is 5.56 Å². The summed E-state index contributed by atoms with van der Waals surface area (Å²) in [7, 11) is 1.57. The van der Waals surface area contributed by atoms with Gasteiger partial charge in [0.15, 0.2) is 11.5 Å². The number of carbonyl (C=O) groups excluding carboxylic acids is 3. The molecule has 3 aromatic heterocycles. The number of benzene rings is 2. The summed E-state index contributed by atoms with van der Waals surface area (Å²) in [6.45, 7) is 13.5. The topological polar surface area (TPSA) is 154 Å². The molecule has 2 aromatic carbocycles. The zero-order valence-electron chi connectivity index (χ0n) is 34.9. The maximum atomic E-state index is 13.5.